The molecule has 0 aliphatic heterocycles. The molecule has 0 aromatic heterocycles. The molecule has 0 radical (unpaired) electrons. The Bertz CT molecular complexity index is 997. The molecule has 128 valence electrons. The summed E-state index contributed by atoms with van der Waals surface area (Å²) in [6.45, 7) is 0. The zero-order valence-electron chi connectivity index (χ0n) is 14.6. The van der Waals surface area contributed by atoms with Gasteiger partial charge < -0.3 is 8.85 Å². The normalized spacial score (nSPS) is 13.3. The zero-order valence-corrected chi connectivity index (χ0v) is 15.6. The van der Waals surface area contributed by atoms with Gasteiger partial charge in [0.2, 0.25) is 0 Å². The highest BCUT2D eigenvalue weighted by molar-refractivity contribution is 6.94. The van der Waals surface area contributed by atoms with E-state index in [1.165, 1.54) is 10.8 Å². The predicted octanol–water partition coefficient (Wildman–Crippen LogP) is 4.12. The fraction of sp³-hybridized carbons (Fsp3) is 0.0435. The van der Waals surface area contributed by atoms with Crippen LogP contribution >= 0.6 is 0 Å². The summed E-state index contributed by atoms with van der Waals surface area (Å²) in [5, 5.41) is 4.56. The van der Waals surface area contributed by atoms with Crippen LogP contribution in [-0.2, 0) is 4.43 Å². The molecule has 0 fully saturated rings. The molecule has 4 rings (SSSR count). The van der Waals surface area contributed by atoms with Gasteiger partial charge in [0.1, 0.15) is 5.75 Å². The molecule has 0 amide bonds. The molecular weight excluding hydrogens is 336 g/mol. The van der Waals surface area contributed by atoms with E-state index in [1.54, 1.807) is 7.11 Å². The van der Waals surface area contributed by atoms with E-state index in [-0.39, 0.29) is 0 Å². The highest BCUT2D eigenvalue weighted by Crippen LogP contribution is 2.21. The lowest BCUT2D eigenvalue weighted by Crippen LogP contribution is -2.65. The van der Waals surface area contributed by atoms with Crippen LogP contribution in [0.25, 0.3) is 10.8 Å². The van der Waals surface area contributed by atoms with Crippen molar-refractivity contribution in [3.63, 3.8) is 0 Å². The Morgan fingerprint density at radius 2 is 1.23 bits per heavy atom. The summed E-state index contributed by atoms with van der Waals surface area (Å²) in [4.78, 5) is 0. The van der Waals surface area contributed by atoms with Gasteiger partial charge in [-0.2, -0.15) is 0 Å². The predicted molar refractivity (Wildman–Crippen MR) is 109 cm³/mol. The van der Waals surface area contributed by atoms with Crippen LogP contribution in [-0.4, -0.2) is 15.7 Å². The van der Waals surface area contributed by atoms with Crippen LogP contribution in [0.5, 0.6) is 5.75 Å². The first-order valence-corrected chi connectivity index (χ1v) is 10.5. The van der Waals surface area contributed by atoms with Crippen molar-refractivity contribution < 1.29 is 8.85 Å². The standard InChI is InChI=1S/C23H20O2Si/c1-24-26(21-15-6-3-7-16-21,25-20-13-4-2-5-14-20)23-18-10-12-19-11-8-9-17-22(19)23/h2-18H,1H3. The van der Waals surface area contributed by atoms with Gasteiger partial charge in [0.25, 0.3) is 0 Å². The maximum Gasteiger partial charge on any atom is 0.469 e. The molecule has 0 saturated carbocycles. The summed E-state index contributed by atoms with van der Waals surface area (Å²) < 4.78 is 12.9. The molecule has 4 aromatic carbocycles. The van der Waals surface area contributed by atoms with Crippen molar-refractivity contribution in [2.24, 2.45) is 0 Å². The molecule has 4 aromatic rings. The van der Waals surface area contributed by atoms with Crippen LogP contribution < -0.4 is 14.8 Å². The van der Waals surface area contributed by atoms with Crippen molar-refractivity contribution in [1.29, 1.82) is 0 Å². The maximum absolute atomic E-state index is 6.65. The van der Waals surface area contributed by atoms with Gasteiger partial charge in [-0.3, -0.25) is 0 Å². The quantitative estimate of drug-likeness (QED) is 0.501. The summed E-state index contributed by atoms with van der Waals surface area (Å²) in [6.07, 6.45) is 0. The lowest BCUT2D eigenvalue weighted by Gasteiger charge is -2.31. The monoisotopic (exact) mass is 356 g/mol. The molecule has 3 heteroatoms. The van der Waals surface area contributed by atoms with Crippen LogP contribution in [0.3, 0.4) is 0 Å². The number of para-hydroxylation sites is 1. The minimum atomic E-state index is -2.93. The van der Waals surface area contributed by atoms with Crippen LogP contribution in [0, 0.1) is 0 Å². The van der Waals surface area contributed by atoms with E-state index in [9.17, 15) is 0 Å². The fourth-order valence-corrected chi connectivity index (χ4v) is 6.44. The zero-order chi connectivity index (χ0) is 17.8. The number of benzene rings is 4. The van der Waals surface area contributed by atoms with Crippen molar-refractivity contribution >= 4 is 29.7 Å². The summed E-state index contributed by atoms with van der Waals surface area (Å²) in [7, 11) is -1.17. The summed E-state index contributed by atoms with van der Waals surface area (Å²) >= 11 is 0. The van der Waals surface area contributed by atoms with Gasteiger partial charge in [0, 0.05) is 17.5 Å². The molecule has 2 nitrogen and oxygen atoms in total. The van der Waals surface area contributed by atoms with Crippen LogP contribution in [0.4, 0.5) is 0 Å². The third-order valence-corrected chi connectivity index (χ3v) is 7.93. The second kappa shape index (κ2) is 7.16. The average molecular weight is 356 g/mol. The third-order valence-electron chi connectivity index (χ3n) is 4.59. The maximum atomic E-state index is 6.65. The number of fused-ring (bicyclic) bond motifs is 1. The molecule has 0 aliphatic rings. The first kappa shape index (κ1) is 16.6. The lowest BCUT2D eigenvalue weighted by atomic mass is 10.1. The van der Waals surface area contributed by atoms with Crippen molar-refractivity contribution in [1.82, 2.24) is 0 Å². The van der Waals surface area contributed by atoms with Gasteiger partial charge in [0.05, 0.1) is 0 Å². The molecule has 0 spiro atoms. The lowest BCUT2D eigenvalue weighted by molar-refractivity contribution is 0.329. The Hall–Kier alpha value is -2.88. The van der Waals surface area contributed by atoms with Crippen molar-refractivity contribution in [2.75, 3.05) is 7.11 Å². The molecule has 0 bridgehead atoms. The fourth-order valence-electron chi connectivity index (χ4n) is 3.36. The highest BCUT2D eigenvalue weighted by Gasteiger charge is 2.45. The molecule has 0 heterocycles. The Balaban J connectivity index is 1.98. The molecule has 0 saturated heterocycles. The summed E-state index contributed by atoms with van der Waals surface area (Å²) in [5.74, 6) is 0.817. The first-order valence-electron chi connectivity index (χ1n) is 8.66. The van der Waals surface area contributed by atoms with Gasteiger partial charge >= 0.3 is 8.56 Å². The average Bonchev–Trinajstić information content (AvgIpc) is 2.73. The van der Waals surface area contributed by atoms with E-state index in [0.29, 0.717) is 0 Å². The van der Waals surface area contributed by atoms with E-state index in [4.69, 9.17) is 8.85 Å². The summed E-state index contributed by atoms with van der Waals surface area (Å²) in [5.41, 5.74) is 0. The van der Waals surface area contributed by atoms with Gasteiger partial charge in [0.15, 0.2) is 0 Å². The van der Waals surface area contributed by atoms with Gasteiger partial charge in [-0.15, -0.1) is 0 Å². The highest BCUT2D eigenvalue weighted by atomic mass is 28.4. The van der Waals surface area contributed by atoms with Crippen LogP contribution in [0.1, 0.15) is 0 Å². The first-order chi connectivity index (χ1) is 12.8. The molecule has 1 atom stereocenters. The Morgan fingerprint density at radius 3 is 1.96 bits per heavy atom. The van der Waals surface area contributed by atoms with Gasteiger partial charge in [-0.25, -0.2) is 0 Å². The van der Waals surface area contributed by atoms with Gasteiger partial charge in [-0.05, 0) is 22.9 Å². The van der Waals surface area contributed by atoms with Crippen molar-refractivity contribution in [2.45, 2.75) is 0 Å². The number of hydrogen-bond donors (Lipinski definition) is 0. The number of hydrogen-bond acceptors (Lipinski definition) is 2. The molecule has 1 unspecified atom stereocenters. The van der Waals surface area contributed by atoms with Gasteiger partial charge in [-0.1, -0.05) is 91.0 Å². The summed E-state index contributed by atoms with van der Waals surface area (Å²) in [6, 6.07) is 34.9. The minimum absolute atomic E-state index is 0.817. The van der Waals surface area contributed by atoms with Crippen LogP contribution in [0.2, 0.25) is 0 Å². The Labute approximate surface area is 154 Å². The largest absolute Gasteiger partial charge is 0.514 e. The Kier molecular flexibility index (Phi) is 4.56. The third kappa shape index (κ3) is 2.92. The Morgan fingerprint density at radius 1 is 0.615 bits per heavy atom. The van der Waals surface area contributed by atoms with Crippen molar-refractivity contribution in [3.8, 4) is 5.75 Å². The topological polar surface area (TPSA) is 18.5 Å². The van der Waals surface area contributed by atoms with E-state index in [1.807, 2.05) is 48.5 Å². The van der Waals surface area contributed by atoms with E-state index in [2.05, 4.69) is 54.6 Å². The molecule has 0 aliphatic carbocycles. The SMILES string of the molecule is CO[Si](Oc1ccccc1)(c1ccccc1)c1cccc2ccccc12. The van der Waals surface area contributed by atoms with Crippen LogP contribution in [0.15, 0.2) is 103 Å². The smallest absolute Gasteiger partial charge is 0.469 e. The molecular formula is C23H20O2Si. The second-order valence-electron chi connectivity index (χ2n) is 6.13. The molecule has 0 N–H and O–H groups in total. The molecule has 26 heavy (non-hydrogen) atoms. The van der Waals surface area contributed by atoms with E-state index in [0.717, 1.165) is 16.1 Å². The van der Waals surface area contributed by atoms with E-state index < -0.39 is 8.56 Å². The number of rotatable bonds is 5. The minimum Gasteiger partial charge on any atom is -0.514 e. The second-order valence-corrected chi connectivity index (χ2v) is 9.09. The van der Waals surface area contributed by atoms with Crippen molar-refractivity contribution in [3.05, 3.63) is 103 Å². The van der Waals surface area contributed by atoms with E-state index >= 15 is 0 Å².